The molecule has 3 heterocycles. The molecule has 0 radical (unpaired) electrons. The Morgan fingerprint density at radius 2 is 1.87 bits per heavy atom. The number of ether oxygens (including phenoxy) is 3. The van der Waals surface area contributed by atoms with Gasteiger partial charge in [-0.3, -0.25) is 10.3 Å². The van der Waals surface area contributed by atoms with E-state index in [1.54, 1.807) is 51.4 Å². The average molecular weight is 735 g/mol. The third-order valence-corrected chi connectivity index (χ3v) is 9.34. The second-order valence-electron chi connectivity index (χ2n) is 13.3. The van der Waals surface area contributed by atoms with Crippen LogP contribution in [0, 0.1) is 17.0 Å². The predicted molar refractivity (Wildman–Crippen MR) is 191 cm³/mol. The highest BCUT2D eigenvalue weighted by molar-refractivity contribution is 7.10. The van der Waals surface area contributed by atoms with E-state index in [9.17, 15) is 14.3 Å². The van der Waals surface area contributed by atoms with E-state index in [4.69, 9.17) is 24.6 Å². The molecule has 15 heteroatoms. The van der Waals surface area contributed by atoms with Crippen molar-refractivity contribution >= 4 is 29.1 Å². The lowest BCUT2D eigenvalue weighted by Gasteiger charge is -2.32. The van der Waals surface area contributed by atoms with Crippen LogP contribution < -0.4 is 9.47 Å². The molecule has 0 fully saturated rings. The summed E-state index contributed by atoms with van der Waals surface area (Å²) in [6.45, 7) is 8.89. The Morgan fingerprint density at radius 3 is 2.56 bits per heavy atom. The summed E-state index contributed by atoms with van der Waals surface area (Å²) in [5, 5.41) is 27.2. The van der Waals surface area contributed by atoms with Crippen LogP contribution in [0.25, 0.3) is 11.3 Å². The zero-order valence-electron chi connectivity index (χ0n) is 30.0. The van der Waals surface area contributed by atoms with Crippen molar-refractivity contribution in [2.45, 2.75) is 71.1 Å². The molecule has 5 rings (SSSR count). The summed E-state index contributed by atoms with van der Waals surface area (Å²) in [6, 6.07) is 13.6. The van der Waals surface area contributed by atoms with E-state index >= 15 is 4.39 Å². The standard InChI is InChI=1S/C37H42F2N7O5S/c1-23(34-43-31(19-52-34)25-10-12-26(13-11-25)32(40)51-36(3,4)5)37(48,29-17-28(38)14-15-30(29)39)20-46-22-45(21-42-46)24(2)50-35(47)44(6)33-27(18-49-7)9-8-16-41-33/h8-17,19,21-24,40,48H,18,20H2,1-7H3/q+1. The van der Waals surface area contributed by atoms with Gasteiger partial charge in [-0.05, 0) is 57.2 Å². The van der Waals surface area contributed by atoms with Gasteiger partial charge in [-0.2, -0.15) is 4.57 Å². The number of nitrogens with zero attached hydrogens (tertiary/aromatic N) is 6. The van der Waals surface area contributed by atoms with Crippen LogP contribution >= 0.6 is 11.3 Å². The lowest BCUT2D eigenvalue weighted by Crippen LogP contribution is -2.42. The van der Waals surface area contributed by atoms with Crippen LogP contribution in [-0.2, 0) is 33.0 Å². The van der Waals surface area contributed by atoms with E-state index in [0.29, 0.717) is 27.6 Å². The van der Waals surface area contributed by atoms with Crippen molar-refractivity contribution in [1.82, 2.24) is 19.7 Å². The summed E-state index contributed by atoms with van der Waals surface area (Å²) in [4.78, 5) is 23.4. The van der Waals surface area contributed by atoms with Gasteiger partial charge >= 0.3 is 6.09 Å². The number of rotatable bonds is 12. The highest BCUT2D eigenvalue weighted by atomic mass is 32.1. The van der Waals surface area contributed by atoms with Crippen molar-refractivity contribution in [1.29, 1.82) is 5.41 Å². The topological polar surface area (TPSA) is 140 Å². The van der Waals surface area contributed by atoms with Crippen molar-refractivity contribution in [3.63, 3.8) is 0 Å². The quantitative estimate of drug-likeness (QED) is 0.0817. The summed E-state index contributed by atoms with van der Waals surface area (Å²) in [7, 11) is 3.08. The third-order valence-electron chi connectivity index (χ3n) is 8.31. The fraction of sp³-hybridized carbons (Fsp3) is 0.351. The molecule has 0 aliphatic heterocycles. The van der Waals surface area contributed by atoms with Crippen LogP contribution in [0.4, 0.5) is 19.4 Å². The number of aliphatic hydroxyl groups is 1. The van der Waals surface area contributed by atoms with Gasteiger partial charge in [0.05, 0.1) is 17.3 Å². The first-order chi connectivity index (χ1) is 24.6. The smallest absolute Gasteiger partial charge is 0.418 e. The lowest BCUT2D eigenvalue weighted by atomic mass is 9.82. The fourth-order valence-electron chi connectivity index (χ4n) is 5.49. The number of anilines is 1. The molecule has 3 unspecified atom stereocenters. The number of hydrogen-bond acceptors (Lipinski definition) is 10. The summed E-state index contributed by atoms with van der Waals surface area (Å²) >= 11 is 1.27. The van der Waals surface area contributed by atoms with E-state index in [1.165, 1.54) is 45.2 Å². The van der Waals surface area contributed by atoms with E-state index in [1.807, 2.05) is 38.3 Å². The van der Waals surface area contributed by atoms with Gasteiger partial charge in [0.25, 0.3) is 6.33 Å². The first-order valence-electron chi connectivity index (χ1n) is 16.4. The number of thiazole rings is 1. The molecular weight excluding hydrogens is 693 g/mol. The minimum atomic E-state index is -2.02. The molecule has 12 nitrogen and oxygen atoms in total. The fourth-order valence-corrected chi connectivity index (χ4v) is 6.47. The van der Waals surface area contributed by atoms with Crippen LogP contribution in [0.3, 0.4) is 0 Å². The van der Waals surface area contributed by atoms with Crippen molar-refractivity contribution < 1.29 is 37.5 Å². The molecule has 5 aromatic rings. The monoisotopic (exact) mass is 734 g/mol. The van der Waals surface area contributed by atoms with Crippen molar-refractivity contribution in [2.75, 3.05) is 19.1 Å². The molecule has 3 atom stereocenters. The Balaban J connectivity index is 1.37. The largest absolute Gasteiger partial charge is 0.472 e. The van der Waals surface area contributed by atoms with Crippen LogP contribution in [0.15, 0.2) is 78.8 Å². The zero-order valence-corrected chi connectivity index (χ0v) is 30.8. The highest BCUT2D eigenvalue weighted by Crippen LogP contribution is 2.41. The number of benzene rings is 2. The van der Waals surface area contributed by atoms with E-state index in [2.05, 4.69) is 10.1 Å². The van der Waals surface area contributed by atoms with Crippen LogP contribution in [0.2, 0.25) is 0 Å². The Morgan fingerprint density at radius 1 is 1.13 bits per heavy atom. The minimum absolute atomic E-state index is 0.0506. The molecule has 0 saturated heterocycles. The van der Waals surface area contributed by atoms with Crippen LogP contribution in [-0.4, -0.2) is 56.6 Å². The number of amides is 1. The van der Waals surface area contributed by atoms with Gasteiger partial charge in [-0.15, -0.1) is 16.0 Å². The number of methoxy groups -OCH3 is 1. The molecule has 2 N–H and O–H groups in total. The normalized spacial score (nSPS) is 14.0. The lowest BCUT2D eigenvalue weighted by molar-refractivity contribution is -0.753. The number of carbonyl (C=O) groups excluding carboxylic acids is 1. The van der Waals surface area contributed by atoms with Crippen LogP contribution in [0.1, 0.15) is 68.5 Å². The van der Waals surface area contributed by atoms with Crippen LogP contribution in [0.5, 0.6) is 0 Å². The number of pyridine rings is 1. The second kappa shape index (κ2) is 15.6. The number of carbonyl (C=O) groups is 1. The van der Waals surface area contributed by atoms with E-state index in [-0.39, 0.29) is 24.6 Å². The molecule has 0 aliphatic carbocycles. The van der Waals surface area contributed by atoms with Gasteiger partial charge in [0.2, 0.25) is 18.5 Å². The molecule has 274 valence electrons. The van der Waals surface area contributed by atoms with Crippen molar-refractivity contribution in [3.05, 3.63) is 112 Å². The Hall–Kier alpha value is -5.12. The zero-order chi connectivity index (χ0) is 37.8. The molecule has 0 aliphatic rings. The van der Waals surface area contributed by atoms with Gasteiger partial charge in [-0.25, -0.2) is 23.5 Å². The maximum absolute atomic E-state index is 15.4. The first kappa shape index (κ1) is 38.1. The number of halogens is 2. The number of hydrogen-bond donors (Lipinski definition) is 2. The molecule has 1 amide bonds. The average Bonchev–Trinajstić information content (AvgIpc) is 3.79. The predicted octanol–water partition coefficient (Wildman–Crippen LogP) is 6.74. The molecule has 0 bridgehead atoms. The van der Waals surface area contributed by atoms with Crippen molar-refractivity contribution in [3.8, 4) is 11.3 Å². The summed E-state index contributed by atoms with van der Waals surface area (Å²) in [6.07, 6.45) is 2.94. The molecule has 3 aromatic heterocycles. The Bertz CT molecular complexity index is 2030. The van der Waals surface area contributed by atoms with Gasteiger partial charge in [0.1, 0.15) is 35.2 Å². The highest BCUT2D eigenvalue weighted by Gasteiger charge is 2.43. The van der Waals surface area contributed by atoms with Gasteiger partial charge in [-0.1, -0.05) is 25.1 Å². The molecule has 0 spiro atoms. The van der Waals surface area contributed by atoms with Gasteiger partial charge in [0.15, 0.2) is 0 Å². The first-order valence-corrected chi connectivity index (χ1v) is 17.3. The van der Waals surface area contributed by atoms with Gasteiger partial charge in [0, 0.05) is 65.9 Å². The summed E-state index contributed by atoms with van der Waals surface area (Å²) < 4.78 is 49.4. The minimum Gasteiger partial charge on any atom is -0.472 e. The number of nitrogens with one attached hydrogen (secondary N) is 1. The molecule has 0 saturated carbocycles. The molecular formula is C37H42F2N7O5S+. The SMILES string of the molecule is COCc1cccnc1N(C)C(=O)OC(C)[n+]1cnn(CC(O)(c2cc(F)ccc2F)C(C)c2nc(-c3ccc(C(=N)OC(C)(C)C)cc3)cs2)c1. The maximum atomic E-state index is 15.4. The second-order valence-corrected chi connectivity index (χ2v) is 14.2. The van der Waals surface area contributed by atoms with Crippen molar-refractivity contribution in [2.24, 2.45) is 0 Å². The maximum Gasteiger partial charge on any atom is 0.418 e. The molecule has 52 heavy (non-hydrogen) atoms. The van der Waals surface area contributed by atoms with E-state index < -0.39 is 41.1 Å². The number of aromatic nitrogens is 5. The van der Waals surface area contributed by atoms with Gasteiger partial charge < -0.3 is 19.3 Å². The Kier molecular flexibility index (Phi) is 11.5. The third kappa shape index (κ3) is 8.66. The Labute approximate surface area is 304 Å². The van der Waals surface area contributed by atoms with E-state index in [0.717, 1.165) is 23.8 Å². The summed E-state index contributed by atoms with van der Waals surface area (Å²) in [5.74, 6) is -1.92. The molecule has 2 aromatic carbocycles. The summed E-state index contributed by atoms with van der Waals surface area (Å²) in [5.41, 5.74) is -0.111.